The lowest BCUT2D eigenvalue weighted by atomic mass is 10.1. The molecule has 0 unspecified atom stereocenters. The van der Waals surface area contributed by atoms with Gasteiger partial charge in [0.25, 0.3) is 0 Å². The van der Waals surface area contributed by atoms with Crippen LogP contribution in [-0.2, 0) is 32.8 Å². The Hall–Kier alpha value is -1.94. The molecule has 182 valence electrons. The largest absolute Gasteiger partial charge is 0.497 e. The van der Waals surface area contributed by atoms with Crippen molar-refractivity contribution in [3.63, 3.8) is 0 Å². The molecule has 0 spiro atoms. The number of nitrogens with one attached hydrogen (secondary N) is 2. The maximum Gasteiger partial charge on any atom is 0.416 e. The summed E-state index contributed by atoms with van der Waals surface area (Å²) in [6, 6.07) is 4.47. The molecule has 1 aliphatic rings. The second kappa shape index (κ2) is 9.37. The highest BCUT2D eigenvalue weighted by molar-refractivity contribution is 9.10. The molecule has 0 atom stereocenters. The number of methoxy groups -OCH3 is 1. The smallest absolute Gasteiger partial charge is 0.416 e. The van der Waals surface area contributed by atoms with Crippen LogP contribution in [0, 0.1) is 0 Å². The van der Waals surface area contributed by atoms with E-state index < -0.39 is 43.6 Å². The maximum atomic E-state index is 13.4. The van der Waals surface area contributed by atoms with Crippen LogP contribution in [-0.4, -0.2) is 54.3 Å². The first-order valence-electron chi connectivity index (χ1n) is 9.35. The lowest BCUT2D eigenvalue weighted by Gasteiger charge is -2.39. The van der Waals surface area contributed by atoms with Crippen molar-refractivity contribution in [3.8, 4) is 5.75 Å². The zero-order chi connectivity index (χ0) is 24.6. The molecular formula is C18H20BrF3N4O5S2. The Kier molecular flexibility index (Phi) is 7.29. The molecule has 0 radical (unpaired) electrons. The standard InChI is InChI=1S/C18H20BrF3N4O5S2/c1-23-32(27,28)14-9-26(10-14)17-16(5-12(19)8-24-17)33(29,30)25-7-11-3-4-13(31-2)6-15(11)18(20,21)22/h3-6,8,14,23,25H,7,9-10H2,1-2H3. The summed E-state index contributed by atoms with van der Waals surface area (Å²) in [4.78, 5) is 5.27. The number of anilines is 1. The van der Waals surface area contributed by atoms with E-state index in [2.05, 4.69) is 30.4 Å². The number of rotatable bonds is 8. The van der Waals surface area contributed by atoms with Crippen LogP contribution in [0.3, 0.4) is 0 Å². The molecule has 1 saturated heterocycles. The number of benzene rings is 1. The van der Waals surface area contributed by atoms with E-state index in [-0.39, 0.29) is 35.1 Å². The molecule has 0 saturated carbocycles. The van der Waals surface area contributed by atoms with E-state index in [4.69, 9.17) is 4.74 Å². The number of hydrogen-bond acceptors (Lipinski definition) is 7. The normalized spacial score (nSPS) is 15.4. The van der Waals surface area contributed by atoms with Crippen LogP contribution in [0.1, 0.15) is 11.1 Å². The first kappa shape index (κ1) is 25.7. The quantitative estimate of drug-likeness (QED) is 0.497. The second-order valence-corrected chi connectivity index (χ2v) is 11.9. The molecule has 15 heteroatoms. The zero-order valence-electron chi connectivity index (χ0n) is 17.3. The number of ether oxygens (including phenoxy) is 1. The Balaban J connectivity index is 1.87. The van der Waals surface area contributed by atoms with Crippen LogP contribution >= 0.6 is 15.9 Å². The first-order chi connectivity index (χ1) is 15.3. The highest BCUT2D eigenvalue weighted by Gasteiger charge is 2.39. The van der Waals surface area contributed by atoms with Crippen molar-refractivity contribution in [2.24, 2.45) is 0 Å². The van der Waals surface area contributed by atoms with Gasteiger partial charge in [0.05, 0.1) is 12.7 Å². The van der Waals surface area contributed by atoms with Crippen LogP contribution in [0.15, 0.2) is 39.8 Å². The van der Waals surface area contributed by atoms with Crippen molar-refractivity contribution in [3.05, 3.63) is 46.1 Å². The summed E-state index contributed by atoms with van der Waals surface area (Å²) < 4.78 is 99.7. The molecule has 2 heterocycles. The number of alkyl halides is 3. The average molecular weight is 573 g/mol. The molecular weight excluding hydrogens is 553 g/mol. The van der Waals surface area contributed by atoms with Gasteiger partial charge in [-0.1, -0.05) is 6.07 Å². The molecule has 33 heavy (non-hydrogen) atoms. The van der Waals surface area contributed by atoms with Crippen molar-refractivity contribution in [1.29, 1.82) is 0 Å². The van der Waals surface area contributed by atoms with Crippen LogP contribution < -0.4 is 19.1 Å². The van der Waals surface area contributed by atoms with Gasteiger partial charge in [0.15, 0.2) is 0 Å². The summed E-state index contributed by atoms with van der Waals surface area (Å²) in [5, 5.41) is -0.745. The highest BCUT2D eigenvalue weighted by atomic mass is 79.9. The minimum Gasteiger partial charge on any atom is -0.497 e. The van der Waals surface area contributed by atoms with Crippen LogP contribution in [0.25, 0.3) is 0 Å². The lowest BCUT2D eigenvalue weighted by molar-refractivity contribution is -0.138. The molecule has 0 amide bonds. The summed E-state index contributed by atoms with van der Waals surface area (Å²) in [7, 11) is -5.35. The Bertz CT molecular complexity index is 1250. The fraction of sp³-hybridized carbons (Fsp3) is 0.389. The summed E-state index contributed by atoms with van der Waals surface area (Å²) in [6.07, 6.45) is -3.37. The van der Waals surface area contributed by atoms with Gasteiger partial charge in [0, 0.05) is 30.3 Å². The predicted octanol–water partition coefficient (Wildman–Crippen LogP) is 2.09. The predicted molar refractivity (Wildman–Crippen MR) is 118 cm³/mol. The third kappa shape index (κ3) is 5.59. The maximum absolute atomic E-state index is 13.4. The molecule has 0 bridgehead atoms. The van der Waals surface area contributed by atoms with E-state index in [1.807, 2.05) is 0 Å². The van der Waals surface area contributed by atoms with Gasteiger partial charge in [-0.3, -0.25) is 0 Å². The Labute approximate surface area is 197 Å². The Morgan fingerprint density at radius 1 is 1.21 bits per heavy atom. The average Bonchev–Trinajstić information content (AvgIpc) is 2.71. The summed E-state index contributed by atoms with van der Waals surface area (Å²) in [5.41, 5.74) is -1.32. The van der Waals surface area contributed by atoms with Gasteiger partial charge in [-0.05, 0) is 46.7 Å². The van der Waals surface area contributed by atoms with Crippen molar-refractivity contribution in [1.82, 2.24) is 14.4 Å². The number of nitrogens with zero attached hydrogens (tertiary/aromatic N) is 2. The first-order valence-corrected chi connectivity index (χ1v) is 13.2. The lowest BCUT2D eigenvalue weighted by Crippen LogP contribution is -2.57. The van der Waals surface area contributed by atoms with E-state index in [9.17, 15) is 30.0 Å². The zero-order valence-corrected chi connectivity index (χ0v) is 20.6. The van der Waals surface area contributed by atoms with Gasteiger partial charge >= 0.3 is 6.18 Å². The summed E-state index contributed by atoms with van der Waals surface area (Å²) in [5.74, 6) is -0.0182. The SMILES string of the molecule is CNS(=O)(=O)C1CN(c2ncc(Br)cc2S(=O)(=O)NCc2ccc(OC)cc2C(F)(F)F)C1. The molecule has 1 fully saturated rings. The van der Waals surface area contributed by atoms with Crippen LogP contribution in [0.5, 0.6) is 5.75 Å². The van der Waals surface area contributed by atoms with Crippen molar-refractivity contribution >= 4 is 41.8 Å². The van der Waals surface area contributed by atoms with Gasteiger partial charge in [-0.15, -0.1) is 0 Å². The molecule has 9 nitrogen and oxygen atoms in total. The topological polar surface area (TPSA) is 118 Å². The number of aromatic nitrogens is 1. The van der Waals surface area contributed by atoms with Gasteiger partial charge in [-0.25, -0.2) is 31.3 Å². The van der Waals surface area contributed by atoms with Gasteiger partial charge in [0.1, 0.15) is 21.7 Å². The minimum absolute atomic E-state index is 0.000899. The van der Waals surface area contributed by atoms with E-state index >= 15 is 0 Å². The molecule has 0 aliphatic carbocycles. The fourth-order valence-corrected chi connectivity index (χ4v) is 5.95. The van der Waals surface area contributed by atoms with Crippen molar-refractivity contribution in [2.45, 2.75) is 22.9 Å². The van der Waals surface area contributed by atoms with Crippen molar-refractivity contribution < 1.29 is 34.7 Å². The van der Waals surface area contributed by atoms with E-state index in [0.717, 1.165) is 12.1 Å². The third-order valence-electron chi connectivity index (χ3n) is 5.04. The number of hydrogen-bond donors (Lipinski definition) is 2. The Morgan fingerprint density at radius 2 is 1.88 bits per heavy atom. The molecule has 1 aromatic carbocycles. The van der Waals surface area contributed by atoms with Gasteiger partial charge in [-0.2, -0.15) is 13.2 Å². The highest BCUT2D eigenvalue weighted by Crippen LogP contribution is 2.35. The minimum atomic E-state index is -4.72. The summed E-state index contributed by atoms with van der Waals surface area (Å²) in [6.45, 7) is -0.613. The third-order valence-corrected chi connectivity index (χ3v) is 8.62. The number of halogens is 4. The second-order valence-electron chi connectivity index (χ2n) is 7.10. The molecule has 2 N–H and O–H groups in total. The molecule has 3 rings (SSSR count). The van der Waals surface area contributed by atoms with E-state index in [1.165, 1.54) is 37.4 Å². The summed E-state index contributed by atoms with van der Waals surface area (Å²) >= 11 is 3.14. The number of pyridine rings is 1. The Morgan fingerprint density at radius 3 is 2.45 bits per heavy atom. The van der Waals surface area contributed by atoms with E-state index in [1.54, 1.807) is 0 Å². The van der Waals surface area contributed by atoms with Crippen LogP contribution in [0.4, 0.5) is 19.0 Å². The van der Waals surface area contributed by atoms with E-state index in [0.29, 0.717) is 4.47 Å². The van der Waals surface area contributed by atoms with Gasteiger partial charge < -0.3 is 9.64 Å². The monoisotopic (exact) mass is 572 g/mol. The molecule has 1 aromatic heterocycles. The van der Waals surface area contributed by atoms with Crippen LogP contribution in [0.2, 0.25) is 0 Å². The van der Waals surface area contributed by atoms with Gasteiger partial charge in [0.2, 0.25) is 20.0 Å². The van der Waals surface area contributed by atoms with Crippen molar-refractivity contribution in [2.75, 3.05) is 32.1 Å². The molecule has 1 aliphatic heterocycles. The fourth-order valence-electron chi connectivity index (χ4n) is 3.17. The molecule has 2 aromatic rings. The number of sulfonamides is 2.